The molecule has 1 atom stereocenters. The van der Waals surface area contributed by atoms with Crippen LogP contribution < -0.4 is 10.6 Å². The molecule has 1 aliphatic heterocycles. The second-order valence-electron chi connectivity index (χ2n) is 5.88. The maximum atomic E-state index is 12.2. The number of aliphatic carboxylic acids is 1. The summed E-state index contributed by atoms with van der Waals surface area (Å²) in [5.41, 5.74) is 1.74. The maximum Gasteiger partial charge on any atom is 0.310 e. The quantitative estimate of drug-likeness (QED) is 0.744. The molecule has 5 heteroatoms. The molecule has 2 aromatic carbocycles. The fourth-order valence-corrected chi connectivity index (χ4v) is 2.45. The number of rotatable bonds is 4. The van der Waals surface area contributed by atoms with Crippen molar-refractivity contribution < 1.29 is 14.7 Å². The topological polar surface area (TPSA) is 78.4 Å². The predicted octanol–water partition coefficient (Wildman–Crippen LogP) is 2.28. The number of carbonyl (C=O) groups is 2. The average Bonchev–Trinajstić information content (AvgIpc) is 2.69. The Morgan fingerprint density at radius 3 is 1.96 bits per heavy atom. The lowest BCUT2D eigenvalue weighted by Crippen LogP contribution is -2.39. The number of benzene rings is 2. The molecule has 2 aromatic rings. The van der Waals surface area contributed by atoms with Gasteiger partial charge in [-0.1, -0.05) is 48.5 Å². The van der Waals surface area contributed by atoms with Gasteiger partial charge in [-0.2, -0.15) is 0 Å². The molecule has 0 amide bonds. The summed E-state index contributed by atoms with van der Waals surface area (Å²) < 4.78 is 0. The maximum absolute atomic E-state index is 12.2. The molecular weight excluding hydrogens is 316 g/mol. The summed E-state index contributed by atoms with van der Waals surface area (Å²) in [6, 6.07) is 15.7. The van der Waals surface area contributed by atoms with Gasteiger partial charge in [-0.05, 0) is 18.6 Å². The zero-order chi connectivity index (χ0) is 18.1. The van der Waals surface area contributed by atoms with E-state index in [0.717, 1.165) is 26.2 Å². The van der Waals surface area contributed by atoms with E-state index in [0.29, 0.717) is 16.7 Å². The van der Waals surface area contributed by atoms with E-state index in [2.05, 4.69) is 10.6 Å². The summed E-state index contributed by atoms with van der Waals surface area (Å²) in [7, 11) is 0. The van der Waals surface area contributed by atoms with Crippen LogP contribution in [0.25, 0.3) is 0 Å². The Hall–Kier alpha value is -2.50. The Balaban J connectivity index is 0.000000316. The van der Waals surface area contributed by atoms with Gasteiger partial charge < -0.3 is 15.7 Å². The first-order valence-electron chi connectivity index (χ1n) is 8.43. The molecule has 1 unspecified atom stereocenters. The number of carbonyl (C=O) groups excluding carboxylic acids is 1. The highest BCUT2D eigenvalue weighted by molar-refractivity contribution is 6.09. The molecule has 3 N–H and O–H groups in total. The molecule has 132 valence electrons. The largest absolute Gasteiger partial charge is 0.481 e. The molecule has 25 heavy (non-hydrogen) atoms. The summed E-state index contributed by atoms with van der Waals surface area (Å²) in [6.45, 7) is 6.16. The minimum Gasteiger partial charge on any atom is -0.481 e. The van der Waals surface area contributed by atoms with Crippen molar-refractivity contribution in [3.8, 4) is 0 Å². The summed E-state index contributed by atoms with van der Waals surface area (Å²) >= 11 is 0. The molecule has 0 aliphatic carbocycles. The molecular formula is C20H24N2O3. The molecule has 1 fully saturated rings. The second kappa shape index (κ2) is 9.71. The molecule has 1 heterocycles. The van der Waals surface area contributed by atoms with Crippen LogP contribution in [0.2, 0.25) is 0 Å². The van der Waals surface area contributed by atoms with Gasteiger partial charge in [0.2, 0.25) is 0 Å². The van der Waals surface area contributed by atoms with E-state index >= 15 is 0 Å². The van der Waals surface area contributed by atoms with E-state index in [4.69, 9.17) is 5.11 Å². The van der Waals surface area contributed by atoms with Crippen LogP contribution in [0.4, 0.5) is 0 Å². The van der Waals surface area contributed by atoms with Crippen molar-refractivity contribution in [2.75, 3.05) is 26.2 Å². The van der Waals surface area contributed by atoms with E-state index in [1.165, 1.54) is 0 Å². The summed E-state index contributed by atoms with van der Waals surface area (Å²) in [5, 5.41) is 15.4. The van der Waals surface area contributed by atoms with Crippen LogP contribution in [0.15, 0.2) is 54.6 Å². The van der Waals surface area contributed by atoms with Crippen molar-refractivity contribution in [1.82, 2.24) is 10.6 Å². The molecule has 3 rings (SSSR count). The SMILES string of the molecule is C1CNCCN1.CC(C(=O)O)c1cccc(C(=O)c2ccccc2)c1. The Morgan fingerprint density at radius 2 is 1.44 bits per heavy atom. The van der Waals surface area contributed by atoms with E-state index in [-0.39, 0.29) is 5.78 Å². The zero-order valence-corrected chi connectivity index (χ0v) is 14.4. The minimum atomic E-state index is -0.899. The van der Waals surface area contributed by atoms with Gasteiger partial charge in [-0.25, -0.2) is 0 Å². The van der Waals surface area contributed by atoms with Crippen molar-refractivity contribution >= 4 is 11.8 Å². The van der Waals surface area contributed by atoms with Gasteiger partial charge in [-0.15, -0.1) is 0 Å². The third-order valence-corrected chi connectivity index (χ3v) is 4.01. The minimum absolute atomic E-state index is 0.0972. The van der Waals surface area contributed by atoms with Crippen LogP contribution in [0.1, 0.15) is 34.3 Å². The Morgan fingerprint density at radius 1 is 0.880 bits per heavy atom. The van der Waals surface area contributed by atoms with Crippen molar-refractivity contribution in [3.63, 3.8) is 0 Å². The van der Waals surface area contributed by atoms with E-state index < -0.39 is 11.9 Å². The van der Waals surface area contributed by atoms with Crippen molar-refractivity contribution in [2.45, 2.75) is 12.8 Å². The van der Waals surface area contributed by atoms with Gasteiger partial charge in [-0.3, -0.25) is 9.59 Å². The number of ketones is 1. The van der Waals surface area contributed by atoms with E-state index in [1.807, 2.05) is 6.07 Å². The van der Waals surface area contributed by atoms with Crippen LogP contribution in [-0.2, 0) is 4.79 Å². The smallest absolute Gasteiger partial charge is 0.310 e. The van der Waals surface area contributed by atoms with Crippen LogP contribution in [0.3, 0.4) is 0 Å². The highest BCUT2D eigenvalue weighted by Crippen LogP contribution is 2.18. The number of piperazine rings is 1. The highest BCUT2D eigenvalue weighted by atomic mass is 16.4. The molecule has 0 aromatic heterocycles. The summed E-state index contributed by atoms with van der Waals surface area (Å²) in [4.78, 5) is 23.2. The standard InChI is InChI=1S/C16H14O3.C4H10N2/c1-11(16(18)19)13-8-5-9-14(10-13)15(17)12-6-3-2-4-7-12;1-2-6-4-3-5-1/h2-11H,1H3,(H,18,19);5-6H,1-4H2. The van der Waals surface area contributed by atoms with Gasteiger partial charge in [0.05, 0.1) is 5.92 Å². The molecule has 5 nitrogen and oxygen atoms in total. The van der Waals surface area contributed by atoms with Crippen molar-refractivity contribution in [1.29, 1.82) is 0 Å². The van der Waals surface area contributed by atoms with Gasteiger partial charge in [0.15, 0.2) is 5.78 Å². The van der Waals surface area contributed by atoms with E-state index in [9.17, 15) is 9.59 Å². The average molecular weight is 340 g/mol. The highest BCUT2D eigenvalue weighted by Gasteiger charge is 2.16. The lowest BCUT2D eigenvalue weighted by atomic mass is 9.96. The Kier molecular flexibility index (Phi) is 7.32. The van der Waals surface area contributed by atoms with Crippen LogP contribution >= 0.6 is 0 Å². The molecule has 1 aliphatic rings. The van der Waals surface area contributed by atoms with Gasteiger partial charge in [0.25, 0.3) is 0 Å². The fourth-order valence-electron chi connectivity index (χ4n) is 2.45. The molecule has 0 bridgehead atoms. The monoisotopic (exact) mass is 340 g/mol. The first-order chi connectivity index (χ1) is 12.1. The summed E-state index contributed by atoms with van der Waals surface area (Å²) in [5.74, 6) is -1.62. The second-order valence-corrected chi connectivity index (χ2v) is 5.88. The van der Waals surface area contributed by atoms with Gasteiger partial charge in [0, 0.05) is 37.3 Å². The van der Waals surface area contributed by atoms with Crippen molar-refractivity contribution in [2.24, 2.45) is 0 Å². The predicted molar refractivity (Wildman–Crippen MR) is 98.1 cm³/mol. The first-order valence-corrected chi connectivity index (χ1v) is 8.43. The van der Waals surface area contributed by atoms with E-state index in [1.54, 1.807) is 55.5 Å². The first kappa shape index (κ1) is 18.8. The number of carboxylic acid groups (broad SMARTS) is 1. The summed E-state index contributed by atoms with van der Waals surface area (Å²) in [6.07, 6.45) is 0. The lowest BCUT2D eigenvalue weighted by Gasteiger charge is -2.11. The zero-order valence-electron chi connectivity index (χ0n) is 14.4. The van der Waals surface area contributed by atoms with Crippen LogP contribution in [0, 0.1) is 0 Å². The molecule has 1 saturated heterocycles. The Bertz CT molecular complexity index is 686. The van der Waals surface area contributed by atoms with Gasteiger partial charge >= 0.3 is 5.97 Å². The Labute approximate surface area is 148 Å². The third-order valence-electron chi connectivity index (χ3n) is 4.01. The normalized spacial score (nSPS) is 14.8. The number of carboxylic acids is 1. The third kappa shape index (κ3) is 5.81. The fraction of sp³-hybridized carbons (Fsp3) is 0.300. The van der Waals surface area contributed by atoms with Crippen LogP contribution in [0.5, 0.6) is 0 Å². The van der Waals surface area contributed by atoms with Crippen molar-refractivity contribution in [3.05, 3.63) is 71.3 Å². The number of hydrogen-bond acceptors (Lipinski definition) is 4. The number of hydrogen-bond donors (Lipinski definition) is 3. The number of nitrogens with one attached hydrogen (secondary N) is 2. The van der Waals surface area contributed by atoms with Crippen LogP contribution in [-0.4, -0.2) is 43.0 Å². The molecule has 0 saturated carbocycles. The van der Waals surface area contributed by atoms with Gasteiger partial charge in [0.1, 0.15) is 0 Å². The molecule has 0 radical (unpaired) electrons. The lowest BCUT2D eigenvalue weighted by molar-refractivity contribution is -0.138. The molecule has 0 spiro atoms.